The lowest BCUT2D eigenvalue weighted by molar-refractivity contribution is 0.669. The van der Waals surface area contributed by atoms with Gasteiger partial charge in [0.15, 0.2) is 5.13 Å². The van der Waals surface area contributed by atoms with Crippen LogP contribution in [0.3, 0.4) is 0 Å². The summed E-state index contributed by atoms with van der Waals surface area (Å²) in [6, 6.07) is 38.3. The minimum atomic E-state index is 0.908. The number of hydrogen-bond acceptors (Lipinski definition) is 4. The summed E-state index contributed by atoms with van der Waals surface area (Å²) in [7, 11) is 0. The van der Waals surface area contributed by atoms with Crippen LogP contribution in [-0.2, 0) is 0 Å². The van der Waals surface area contributed by atoms with Gasteiger partial charge in [0, 0.05) is 27.5 Å². The number of fused-ring (bicyclic) bond motifs is 10. The maximum atomic E-state index is 6.29. The summed E-state index contributed by atoms with van der Waals surface area (Å²) in [5.74, 6) is 0. The average molecular weight is 467 g/mol. The van der Waals surface area contributed by atoms with E-state index in [0.29, 0.717) is 0 Å². The second-order valence-electron chi connectivity index (χ2n) is 8.79. The number of rotatable bonds is 1. The Hall–Kier alpha value is -4.41. The second-order valence-corrected chi connectivity index (χ2v) is 9.80. The van der Waals surface area contributed by atoms with E-state index in [-0.39, 0.29) is 0 Å². The van der Waals surface area contributed by atoms with Crippen LogP contribution in [-0.4, -0.2) is 4.98 Å². The van der Waals surface area contributed by atoms with Crippen LogP contribution in [0.5, 0.6) is 0 Å². The van der Waals surface area contributed by atoms with Crippen LogP contribution in [0, 0.1) is 0 Å². The second kappa shape index (κ2) is 7.05. The normalized spacial score (nSPS) is 12.5. The standard InChI is InChI=1S/C31H18N2OS/c1-5-13-24-19(9-1)20-17-18-27-30(22-11-3-7-15-26(22)34-27)29(20)21-10-2-6-14-25(21)33(24)31-32-23-12-4-8-16-28(23)35-31/h1-18H. The van der Waals surface area contributed by atoms with Crippen molar-refractivity contribution in [1.82, 2.24) is 4.98 Å². The summed E-state index contributed by atoms with van der Waals surface area (Å²) >= 11 is 1.72. The molecule has 3 heterocycles. The molecule has 7 aromatic rings. The van der Waals surface area contributed by atoms with Crippen LogP contribution < -0.4 is 4.90 Å². The van der Waals surface area contributed by atoms with Crippen molar-refractivity contribution in [3.05, 3.63) is 109 Å². The Morgan fingerprint density at radius 1 is 0.600 bits per heavy atom. The van der Waals surface area contributed by atoms with E-state index >= 15 is 0 Å². The van der Waals surface area contributed by atoms with E-state index in [1.165, 1.54) is 27.0 Å². The fourth-order valence-corrected chi connectivity index (χ4v) is 6.38. The molecule has 1 aliphatic heterocycles. The molecule has 0 radical (unpaired) electrons. The van der Waals surface area contributed by atoms with Crippen LogP contribution in [0.2, 0.25) is 0 Å². The molecule has 0 spiro atoms. The van der Waals surface area contributed by atoms with E-state index in [2.05, 4.69) is 95.9 Å². The first kappa shape index (κ1) is 19.0. The molecule has 164 valence electrons. The van der Waals surface area contributed by atoms with Crippen LogP contribution in [0.15, 0.2) is 114 Å². The van der Waals surface area contributed by atoms with Crippen LogP contribution in [0.1, 0.15) is 0 Å². The maximum Gasteiger partial charge on any atom is 0.195 e. The molecular weight excluding hydrogens is 448 g/mol. The summed E-state index contributed by atoms with van der Waals surface area (Å²) in [5, 5.41) is 3.26. The Labute approximate surface area is 205 Å². The number of benzene rings is 5. The highest BCUT2D eigenvalue weighted by molar-refractivity contribution is 7.22. The van der Waals surface area contributed by atoms with Crippen molar-refractivity contribution >= 4 is 60.0 Å². The highest BCUT2D eigenvalue weighted by Gasteiger charge is 2.29. The molecule has 0 amide bonds. The molecule has 1 aliphatic rings. The Kier molecular flexibility index (Phi) is 3.82. The molecule has 4 heteroatoms. The van der Waals surface area contributed by atoms with Gasteiger partial charge >= 0.3 is 0 Å². The monoisotopic (exact) mass is 466 g/mol. The zero-order chi connectivity index (χ0) is 22.9. The van der Waals surface area contributed by atoms with E-state index in [4.69, 9.17) is 9.40 Å². The predicted molar refractivity (Wildman–Crippen MR) is 146 cm³/mol. The summed E-state index contributed by atoms with van der Waals surface area (Å²) in [4.78, 5) is 7.39. The molecule has 5 aromatic carbocycles. The van der Waals surface area contributed by atoms with E-state index in [9.17, 15) is 0 Å². The molecule has 0 saturated heterocycles. The number of aromatic nitrogens is 1. The van der Waals surface area contributed by atoms with Gasteiger partial charge in [-0.05, 0) is 48.0 Å². The molecule has 0 atom stereocenters. The minimum absolute atomic E-state index is 0.908. The van der Waals surface area contributed by atoms with E-state index < -0.39 is 0 Å². The number of hydrogen-bond donors (Lipinski definition) is 0. The lowest BCUT2D eigenvalue weighted by Gasteiger charge is -2.24. The van der Waals surface area contributed by atoms with Crippen LogP contribution >= 0.6 is 11.3 Å². The van der Waals surface area contributed by atoms with Gasteiger partial charge in [-0.2, -0.15) is 0 Å². The molecule has 0 unspecified atom stereocenters. The molecule has 35 heavy (non-hydrogen) atoms. The predicted octanol–water partition coefficient (Wildman–Crippen LogP) is 9.31. The molecule has 0 bridgehead atoms. The first-order valence-electron chi connectivity index (χ1n) is 11.7. The lowest BCUT2D eigenvalue weighted by Crippen LogP contribution is -2.10. The third-order valence-electron chi connectivity index (χ3n) is 6.87. The Morgan fingerprint density at radius 3 is 2.20 bits per heavy atom. The van der Waals surface area contributed by atoms with Gasteiger partial charge in [-0.15, -0.1) is 0 Å². The number of thiazole rings is 1. The van der Waals surface area contributed by atoms with E-state index in [0.717, 1.165) is 44.0 Å². The topological polar surface area (TPSA) is 29.3 Å². The van der Waals surface area contributed by atoms with Crippen molar-refractivity contribution in [1.29, 1.82) is 0 Å². The van der Waals surface area contributed by atoms with Gasteiger partial charge in [-0.1, -0.05) is 78.1 Å². The van der Waals surface area contributed by atoms with Gasteiger partial charge in [-0.25, -0.2) is 4.98 Å². The summed E-state index contributed by atoms with van der Waals surface area (Å²) in [5.41, 5.74) is 9.86. The van der Waals surface area contributed by atoms with Crippen molar-refractivity contribution in [3.63, 3.8) is 0 Å². The fraction of sp³-hybridized carbons (Fsp3) is 0. The third-order valence-corrected chi connectivity index (χ3v) is 7.89. The van der Waals surface area contributed by atoms with Crippen molar-refractivity contribution in [2.75, 3.05) is 4.90 Å². The average Bonchev–Trinajstić information content (AvgIpc) is 3.47. The minimum Gasteiger partial charge on any atom is -0.456 e. The van der Waals surface area contributed by atoms with Crippen molar-refractivity contribution in [2.45, 2.75) is 0 Å². The quantitative estimate of drug-likeness (QED) is 0.241. The highest BCUT2D eigenvalue weighted by Crippen LogP contribution is 2.54. The van der Waals surface area contributed by atoms with Gasteiger partial charge in [0.2, 0.25) is 0 Å². The van der Waals surface area contributed by atoms with E-state index in [1.807, 2.05) is 18.2 Å². The number of nitrogens with zero attached hydrogens (tertiary/aromatic N) is 2. The number of anilines is 3. The molecule has 0 fully saturated rings. The third kappa shape index (κ3) is 2.63. The largest absolute Gasteiger partial charge is 0.456 e. The Bertz CT molecular complexity index is 1900. The first-order chi connectivity index (χ1) is 17.4. The summed E-state index contributed by atoms with van der Waals surface area (Å²) < 4.78 is 7.47. The van der Waals surface area contributed by atoms with Crippen molar-refractivity contribution in [3.8, 4) is 22.3 Å². The molecule has 3 nitrogen and oxygen atoms in total. The van der Waals surface area contributed by atoms with Crippen LogP contribution in [0.25, 0.3) is 54.4 Å². The van der Waals surface area contributed by atoms with Gasteiger partial charge in [0.25, 0.3) is 0 Å². The highest BCUT2D eigenvalue weighted by atomic mass is 32.1. The zero-order valence-electron chi connectivity index (χ0n) is 18.6. The van der Waals surface area contributed by atoms with E-state index in [1.54, 1.807) is 11.3 Å². The molecule has 2 aromatic heterocycles. The number of furan rings is 1. The van der Waals surface area contributed by atoms with Crippen molar-refractivity contribution in [2.24, 2.45) is 0 Å². The van der Waals surface area contributed by atoms with Gasteiger partial charge in [-0.3, -0.25) is 4.90 Å². The van der Waals surface area contributed by atoms with Gasteiger partial charge < -0.3 is 4.42 Å². The summed E-state index contributed by atoms with van der Waals surface area (Å²) in [6.45, 7) is 0. The smallest absolute Gasteiger partial charge is 0.195 e. The SMILES string of the molecule is c1ccc2c(c1)-c1ccc3oc4ccccc4c3c1-c1ccccc1N2c1nc2ccccc2s1. The first-order valence-corrected chi connectivity index (χ1v) is 12.5. The van der Waals surface area contributed by atoms with Gasteiger partial charge in [0.1, 0.15) is 11.2 Å². The molecule has 0 N–H and O–H groups in total. The fourth-order valence-electron chi connectivity index (χ4n) is 5.39. The van der Waals surface area contributed by atoms with Gasteiger partial charge in [0.05, 0.1) is 21.6 Å². The maximum absolute atomic E-state index is 6.29. The Balaban J connectivity index is 1.55. The molecular formula is C31H18N2OS. The molecule has 0 aliphatic carbocycles. The number of para-hydroxylation sites is 4. The van der Waals surface area contributed by atoms with Crippen molar-refractivity contribution < 1.29 is 4.42 Å². The molecule has 8 rings (SSSR count). The van der Waals surface area contributed by atoms with Crippen LogP contribution in [0.4, 0.5) is 16.5 Å². The Morgan fingerprint density at radius 2 is 1.31 bits per heavy atom. The lowest BCUT2D eigenvalue weighted by atomic mass is 9.91. The molecule has 0 saturated carbocycles. The summed E-state index contributed by atoms with van der Waals surface area (Å²) in [6.07, 6.45) is 0. The zero-order valence-corrected chi connectivity index (χ0v) is 19.4.